The molecule has 24 heavy (non-hydrogen) atoms. The van der Waals surface area contributed by atoms with Crippen LogP contribution in [-0.4, -0.2) is 12.5 Å². The molecule has 0 radical (unpaired) electrons. The highest BCUT2D eigenvalue weighted by molar-refractivity contribution is 5.76. The summed E-state index contributed by atoms with van der Waals surface area (Å²) in [4.78, 5) is 12.1. The Kier molecular flexibility index (Phi) is 6.42. The summed E-state index contributed by atoms with van der Waals surface area (Å²) in [7, 11) is 0. The van der Waals surface area contributed by atoms with E-state index in [4.69, 9.17) is 4.74 Å². The second kappa shape index (κ2) is 8.53. The standard InChI is InChI=1S/C21H27NO2/c1-15-7-10-19(11-8-15)24-13-5-6-21(23)22-18(4)20-12-9-16(2)14-17(20)3/h7-12,14,18H,5-6,13H2,1-4H3,(H,22,23)/t18-/m1/s1. The quantitative estimate of drug-likeness (QED) is 0.753. The summed E-state index contributed by atoms with van der Waals surface area (Å²) in [6, 6.07) is 14.3. The van der Waals surface area contributed by atoms with Crippen LogP contribution in [-0.2, 0) is 4.79 Å². The molecular formula is C21H27NO2. The minimum Gasteiger partial charge on any atom is -0.494 e. The van der Waals surface area contributed by atoms with Crippen LogP contribution in [0.2, 0.25) is 0 Å². The Morgan fingerprint density at radius 1 is 1.04 bits per heavy atom. The van der Waals surface area contributed by atoms with Crippen molar-refractivity contribution in [2.24, 2.45) is 0 Å². The van der Waals surface area contributed by atoms with E-state index in [0.717, 1.165) is 5.75 Å². The van der Waals surface area contributed by atoms with Crippen molar-refractivity contribution >= 4 is 5.91 Å². The summed E-state index contributed by atoms with van der Waals surface area (Å²) in [5.41, 5.74) is 4.83. The summed E-state index contributed by atoms with van der Waals surface area (Å²) in [5.74, 6) is 0.916. The van der Waals surface area contributed by atoms with Gasteiger partial charge >= 0.3 is 0 Å². The van der Waals surface area contributed by atoms with Gasteiger partial charge in [-0.25, -0.2) is 0 Å². The Morgan fingerprint density at radius 2 is 1.71 bits per heavy atom. The molecule has 2 rings (SSSR count). The molecule has 0 saturated carbocycles. The van der Waals surface area contributed by atoms with Crippen LogP contribution in [0.3, 0.4) is 0 Å². The number of nitrogens with one attached hydrogen (secondary N) is 1. The Balaban J connectivity index is 1.73. The topological polar surface area (TPSA) is 38.3 Å². The molecule has 0 heterocycles. The summed E-state index contributed by atoms with van der Waals surface area (Å²) >= 11 is 0. The Bertz CT molecular complexity index is 677. The molecule has 0 unspecified atom stereocenters. The second-order valence-electron chi connectivity index (χ2n) is 6.41. The van der Waals surface area contributed by atoms with E-state index in [9.17, 15) is 4.79 Å². The Hall–Kier alpha value is -2.29. The van der Waals surface area contributed by atoms with E-state index in [2.05, 4.69) is 37.4 Å². The predicted octanol–water partition coefficient (Wildman–Crippen LogP) is 4.65. The van der Waals surface area contributed by atoms with Crippen molar-refractivity contribution < 1.29 is 9.53 Å². The molecule has 1 atom stereocenters. The zero-order valence-corrected chi connectivity index (χ0v) is 15.1. The molecule has 2 aromatic rings. The maximum atomic E-state index is 12.1. The van der Waals surface area contributed by atoms with E-state index >= 15 is 0 Å². The molecule has 0 saturated heterocycles. The van der Waals surface area contributed by atoms with Gasteiger partial charge in [-0.15, -0.1) is 0 Å². The van der Waals surface area contributed by atoms with E-state index in [-0.39, 0.29) is 11.9 Å². The average molecular weight is 325 g/mol. The van der Waals surface area contributed by atoms with Crippen LogP contribution in [0.15, 0.2) is 42.5 Å². The van der Waals surface area contributed by atoms with Gasteiger partial charge in [0, 0.05) is 6.42 Å². The van der Waals surface area contributed by atoms with Crippen LogP contribution in [0.4, 0.5) is 0 Å². The molecule has 0 fully saturated rings. The third-order valence-electron chi connectivity index (χ3n) is 4.11. The predicted molar refractivity (Wildman–Crippen MR) is 98.4 cm³/mol. The summed E-state index contributed by atoms with van der Waals surface area (Å²) < 4.78 is 5.65. The lowest BCUT2D eigenvalue weighted by Crippen LogP contribution is -2.27. The van der Waals surface area contributed by atoms with E-state index < -0.39 is 0 Å². The molecule has 1 N–H and O–H groups in total. The normalized spacial score (nSPS) is 11.8. The van der Waals surface area contributed by atoms with E-state index in [1.165, 1.54) is 22.3 Å². The van der Waals surface area contributed by atoms with Gasteiger partial charge in [-0.3, -0.25) is 4.79 Å². The van der Waals surface area contributed by atoms with E-state index in [1.807, 2.05) is 38.1 Å². The van der Waals surface area contributed by atoms with Crippen molar-refractivity contribution in [3.05, 3.63) is 64.7 Å². The van der Waals surface area contributed by atoms with Crippen LogP contribution < -0.4 is 10.1 Å². The second-order valence-corrected chi connectivity index (χ2v) is 6.41. The fourth-order valence-corrected chi connectivity index (χ4v) is 2.76. The van der Waals surface area contributed by atoms with Crippen molar-refractivity contribution in [1.82, 2.24) is 5.32 Å². The van der Waals surface area contributed by atoms with Crippen LogP contribution in [0.25, 0.3) is 0 Å². The highest BCUT2D eigenvalue weighted by Crippen LogP contribution is 2.18. The monoisotopic (exact) mass is 325 g/mol. The van der Waals surface area contributed by atoms with Crippen LogP contribution in [0.1, 0.15) is 48.1 Å². The Labute approximate surface area is 145 Å². The number of benzene rings is 2. The highest BCUT2D eigenvalue weighted by Gasteiger charge is 2.11. The molecule has 0 spiro atoms. The van der Waals surface area contributed by atoms with Gasteiger partial charge in [0.05, 0.1) is 12.6 Å². The van der Waals surface area contributed by atoms with E-state index in [1.54, 1.807) is 0 Å². The molecule has 0 aliphatic carbocycles. The number of aryl methyl sites for hydroxylation is 3. The van der Waals surface area contributed by atoms with Gasteiger partial charge < -0.3 is 10.1 Å². The molecule has 0 aliphatic heterocycles. The van der Waals surface area contributed by atoms with Crippen LogP contribution >= 0.6 is 0 Å². The first-order valence-electron chi connectivity index (χ1n) is 8.51. The lowest BCUT2D eigenvalue weighted by Gasteiger charge is -2.17. The third-order valence-corrected chi connectivity index (χ3v) is 4.11. The van der Waals surface area contributed by atoms with Gasteiger partial charge in [-0.1, -0.05) is 41.5 Å². The van der Waals surface area contributed by atoms with Crippen molar-refractivity contribution in [3.8, 4) is 5.75 Å². The van der Waals surface area contributed by atoms with Crippen molar-refractivity contribution in [2.75, 3.05) is 6.61 Å². The summed E-state index contributed by atoms with van der Waals surface area (Å²) in [5, 5.41) is 3.07. The lowest BCUT2D eigenvalue weighted by atomic mass is 10.0. The van der Waals surface area contributed by atoms with Gasteiger partial charge in [0.15, 0.2) is 0 Å². The molecule has 0 aromatic heterocycles. The van der Waals surface area contributed by atoms with Gasteiger partial charge in [0.1, 0.15) is 5.75 Å². The van der Waals surface area contributed by atoms with Crippen LogP contribution in [0.5, 0.6) is 5.75 Å². The number of amides is 1. The molecule has 3 heteroatoms. The fourth-order valence-electron chi connectivity index (χ4n) is 2.76. The smallest absolute Gasteiger partial charge is 0.220 e. The molecule has 0 bridgehead atoms. The fraction of sp³-hybridized carbons (Fsp3) is 0.381. The molecular weight excluding hydrogens is 298 g/mol. The number of hydrogen-bond acceptors (Lipinski definition) is 2. The minimum atomic E-state index is 0.0242. The minimum absolute atomic E-state index is 0.0242. The largest absolute Gasteiger partial charge is 0.494 e. The molecule has 0 aliphatic rings. The first-order valence-corrected chi connectivity index (χ1v) is 8.51. The van der Waals surface area contributed by atoms with Crippen LogP contribution in [0, 0.1) is 20.8 Å². The number of hydrogen-bond donors (Lipinski definition) is 1. The lowest BCUT2D eigenvalue weighted by molar-refractivity contribution is -0.121. The van der Waals surface area contributed by atoms with Gasteiger partial charge in [-0.05, 0) is 57.4 Å². The van der Waals surface area contributed by atoms with Crippen molar-refractivity contribution in [2.45, 2.75) is 46.6 Å². The summed E-state index contributed by atoms with van der Waals surface area (Å²) in [6.45, 7) is 8.78. The SMILES string of the molecule is Cc1ccc(OCCCC(=O)N[C@H](C)c2ccc(C)cc2C)cc1. The van der Waals surface area contributed by atoms with Crippen molar-refractivity contribution in [3.63, 3.8) is 0 Å². The maximum absolute atomic E-state index is 12.1. The number of rotatable bonds is 7. The van der Waals surface area contributed by atoms with Gasteiger partial charge in [-0.2, -0.15) is 0 Å². The zero-order valence-electron chi connectivity index (χ0n) is 15.1. The van der Waals surface area contributed by atoms with Gasteiger partial charge in [0.2, 0.25) is 5.91 Å². The molecule has 1 amide bonds. The van der Waals surface area contributed by atoms with E-state index in [0.29, 0.717) is 19.4 Å². The number of carbonyl (C=O) groups excluding carboxylic acids is 1. The van der Waals surface area contributed by atoms with Gasteiger partial charge in [0.25, 0.3) is 0 Å². The molecule has 3 nitrogen and oxygen atoms in total. The highest BCUT2D eigenvalue weighted by atomic mass is 16.5. The van der Waals surface area contributed by atoms with Crippen molar-refractivity contribution in [1.29, 1.82) is 0 Å². The zero-order chi connectivity index (χ0) is 17.5. The summed E-state index contributed by atoms with van der Waals surface area (Å²) in [6.07, 6.45) is 1.18. The first-order chi connectivity index (χ1) is 11.5. The third kappa shape index (κ3) is 5.41. The molecule has 2 aromatic carbocycles. The average Bonchev–Trinajstić information content (AvgIpc) is 2.53. The number of ether oxygens (including phenoxy) is 1. The molecule has 128 valence electrons. The maximum Gasteiger partial charge on any atom is 0.220 e. The first kappa shape index (κ1) is 18.1. The number of carbonyl (C=O) groups is 1. The Morgan fingerprint density at radius 3 is 2.38 bits per heavy atom.